The van der Waals surface area contributed by atoms with Gasteiger partial charge in [0.2, 0.25) is 5.91 Å². The van der Waals surface area contributed by atoms with Gasteiger partial charge in [-0.2, -0.15) is 0 Å². The molecule has 2 rings (SSSR count). The molecule has 0 aliphatic heterocycles. The van der Waals surface area contributed by atoms with Crippen LogP contribution in [0.2, 0.25) is 0 Å². The molecule has 1 N–H and O–H groups in total. The molecule has 19 heavy (non-hydrogen) atoms. The molecule has 1 amide bonds. The normalized spacial score (nSPS) is 10.2. The molecular formula is C14H16N2O2S. The SMILES string of the molecule is CC(=O)NCCCOc1ccc(-c2nccs2)cc1. The molecule has 0 fully saturated rings. The third-order valence-corrected chi connectivity index (χ3v) is 3.32. The van der Waals surface area contributed by atoms with E-state index in [0.717, 1.165) is 22.7 Å². The van der Waals surface area contributed by atoms with Gasteiger partial charge in [-0.3, -0.25) is 4.79 Å². The van der Waals surface area contributed by atoms with Crippen LogP contribution in [0.3, 0.4) is 0 Å². The van der Waals surface area contributed by atoms with Crippen molar-refractivity contribution in [2.75, 3.05) is 13.2 Å². The molecule has 1 aromatic carbocycles. The molecule has 4 nitrogen and oxygen atoms in total. The number of carbonyl (C=O) groups is 1. The van der Waals surface area contributed by atoms with Crippen molar-refractivity contribution in [3.63, 3.8) is 0 Å². The number of aromatic nitrogens is 1. The van der Waals surface area contributed by atoms with Crippen LogP contribution in [0.5, 0.6) is 5.75 Å². The van der Waals surface area contributed by atoms with Crippen molar-refractivity contribution in [2.24, 2.45) is 0 Å². The Labute approximate surface area is 116 Å². The molecule has 1 aromatic heterocycles. The second-order valence-corrected chi connectivity index (χ2v) is 4.94. The van der Waals surface area contributed by atoms with Crippen LogP contribution in [0.4, 0.5) is 0 Å². The molecule has 0 atom stereocenters. The van der Waals surface area contributed by atoms with E-state index in [9.17, 15) is 4.79 Å². The lowest BCUT2D eigenvalue weighted by Gasteiger charge is -2.06. The third-order valence-electron chi connectivity index (χ3n) is 2.50. The lowest BCUT2D eigenvalue weighted by molar-refractivity contribution is -0.118. The Morgan fingerprint density at radius 1 is 1.37 bits per heavy atom. The van der Waals surface area contributed by atoms with Gasteiger partial charge in [0.05, 0.1) is 6.61 Å². The number of rotatable bonds is 6. The molecule has 0 bridgehead atoms. The van der Waals surface area contributed by atoms with Gasteiger partial charge in [0.1, 0.15) is 10.8 Å². The van der Waals surface area contributed by atoms with Crippen LogP contribution < -0.4 is 10.1 Å². The molecule has 2 aromatic rings. The summed E-state index contributed by atoms with van der Waals surface area (Å²) in [6, 6.07) is 7.88. The third kappa shape index (κ3) is 4.37. The van der Waals surface area contributed by atoms with Crippen LogP contribution in [0.1, 0.15) is 13.3 Å². The summed E-state index contributed by atoms with van der Waals surface area (Å²) < 4.78 is 5.59. The molecule has 100 valence electrons. The first-order chi connectivity index (χ1) is 9.25. The van der Waals surface area contributed by atoms with E-state index in [4.69, 9.17) is 4.74 Å². The second-order valence-electron chi connectivity index (χ2n) is 4.05. The van der Waals surface area contributed by atoms with E-state index < -0.39 is 0 Å². The average molecular weight is 276 g/mol. The quantitative estimate of drug-likeness (QED) is 0.825. The Morgan fingerprint density at radius 3 is 2.79 bits per heavy atom. The lowest BCUT2D eigenvalue weighted by Crippen LogP contribution is -2.22. The van der Waals surface area contributed by atoms with Gasteiger partial charge in [0.15, 0.2) is 0 Å². The van der Waals surface area contributed by atoms with Crippen LogP contribution in [-0.2, 0) is 4.79 Å². The molecular weight excluding hydrogens is 260 g/mol. The van der Waals surface area contributed by atoms with Gasteiger partial charge < -0.3 is 10.1 Å². The Balaban J connectivity index is 1.78. The fourth-order valence-corrected chi connectivity index (χ4v) is 2.23. The number of nitrogens with zero attached hydrogens (tertiary/aromatic N) is 1. The van der Waals surface area contributed by atoms with Gasteiger partial charge in [-0.05, 0) is 30.7 Å². The van der Waals surface area contributed by atoms with Gasteiger partial charge in [-0.1, -0.05) is 0 Å². The zero-order valence-electron chi connectivity index (χ0n) is 10.8. The van der Waals surface area contributed by atoms with Gasteiger partial charge in [0, 0.05) is 30.6 Å². The predicted molar refractivity (Wildman–Crippen MR) is 76.3 cm³/mol. The molecule has 0 unspecified atom stereocenters. The Hall–Kier alpha value is -1.88. The van der Waals surface area contributed by atoms with Crippen LogP contribution in [0.15, 0.2) is 35.8 Å². The number of benzene rings is 1. The fourth-order valence-electron chi connectivity index (χ4n) is 1.59. The highest BCUT2D eigenvalue weighted by Gasteiger charge is 2.00. The van der Waals surface area contributed by atoms with Crippen LogP contribution in [0, 0.1) is 0 Å². The van der Waals surface area contributed by atoms with Gasteiger partial charge >= 0.3 is 0 Å². The number of amides is 1. The number of ether oxygens (including phenoxy) is 1. The highest BCUT2D eigenvalue weighted by Crippen LogP contribution is 2.23. The minimum atomic E-state index is -0.00667. The van der Waals surface area contributed by atoms with E-state index in [1.165, 1.54) is 6.92 Å². The van der Waals surface area contributed by atoms with Crippen molar-refractivity contribution in [3.8, 4) is 16.3 Å². The smallest absolute Gasteiger partial charge is 0.216 e. The predicted octanol–water partition coefficient (Wildman–Crippen LogP) is 2.72. The molecule has 0 saturated carbocycles. The maximum absolute atomic E-state index is 10.7. The zero-order chi connectivity index (χ0) is 13.5. The maximum Gasteiger partial charge on any atom is 0.216 e. The van der Waals surface area contributed by atoms with E-state index in [1.807, 2.05) is 29.6 Å². The molecule has 0 spiro atoms. The van der Waals surface area contributed by atoms with Gasteiger partial charge in [-0.15, -0.1) is 11.3 Å². The Morgan fingerprint density at radius 2 is 2.16 bits per heavy atom. The summed E-state index contributed by atoms with van der Waals surface area (Å²) >= 11 is 1.62. The highest BCUT2D eigenvalue weighted by molar-refractivity contribution is 7.13. The number of carbonyl (C=O) groups excluding carboxylic acids is 1. The van der Waals surface area contributed by atoms with E-state index in [2.05, 4.69) is 10.3 Å². The van der Waals surface area contributed by atoms with Crippen molar-refractivity contribution in [1.82, 2.24) is 10.3 Å². The Kier molecular flexibility index (Phi) is 4.92. The van der Waals surface area contributed by atoms with Gasteiger partial charge in [0.25, 0.3) is 0 Å². The van der Waals surface area contributed by atoms with E-state index in [1.54, 1.807) is 17.5 Å². The number of hydrogen-bond acceptors (Lipinski definition) is 4. The summed E-state index contributed by atoms with van der Waals surface area (Å²) in [4.78, 5) is 14.9. The molecule has 1 heterocycles. The largest absolute Gasteiger partial charge is 0.494 e. The van der Waals surface area contributed by atoms with Crippen molar-refractivity contribution in [1.29, 1.82) is 0 Å². The number of hydrogen-bond donors (Lipinski definition) is 1. The van der Waals surface area contributed by atoms with Crippen molar-refractivity contribution in [2.45, 2.75) is 13.3 Å². The molecule has 0 aliphatic carbocycles. The van der Waals surface area contributed by atoms with Crippen LogP contribution in [0.25, 0.3) is 10.6 Å². The van der Waals surface area contributed by atoms with Crippen molar-refractivity contribution in [3.05, 3.63) is 35.8 Å². The lowest BCUT2D eigenvalue weighted by atomic mass is 10.2. The summed E-state index contributed by atoms with van der Waals surface area (Å²) in [6.45, 7) is 2.75. The summed E-state index contributed by atoms with van der Waals surface area (Å²) in [5, 5.41) is 5.71. The molecule has 0 radical (unpaired) electrons. The van der Waals surface area contributed by atoms with Crippen molar-refractivity contribution < 1.29 is 9.53 Å². The summed E-state index contributed by atoms with van der Waals surface area (Å²) in [7, 11) is 0. The highest BCUT2D eigenvalue weighted by atomic mass is 32.1. The van der Waals surface area contributed by atoms with Crippen LogP contribution >= 0.6 is 11.3 Å². The first-order valence-electron chi connectivity index (χ1n) is 6.13. The number of thiazole rings is 1. The van der Waals surface area contributed by atoms with E-state index in [-0.39, 0.29) is 5.91 Å². The van der Waals surface area contributed by atoms with Crippen LogP contribution in [-0.4, -0.2) is 24.0 Å². The second kappa shape index (κ2) is 6.89. The van der Waals surface area contributed by atoms with Gasteiger partial charge in [-0.25, -0.2) is 4.98 Å². The number of nitrogens with one attached hydrogen (secondary N) is 1. The standard InChI is InChI=1S/C14H16N2O2S/c1-11(17)15-7-2-9-18-13-5-3-12(4-6-13)14-16-8-10-19-14/h3-6,8,10H,2,7,9H2,1H3,(H,15,17). The average Bonchev–Trinajstić information content (AvgIpc) is 2.93. The monoisotopic (exact) mass is 276 g/mol. The summed E-state index contributed by atoms with van der Waals surface area (Å²) in [6.07, 6.45) is 2.60. The Bertz CT molecular complexity index is 509. The molecule has 0 aliphatic rings. The van der Waals surface area contributed by atoms with E-state index >= 15 is 0 Å². The summed E-state index contributed by atoms with van der Waals surface area (Å²) in [5.41, 5.74) is 1.10. The fraction of sp³-hybridized carbons (Fsp3) is 0.286. The first kappa shape index (κ1) is 13.5. The molecule has 0 saturated heterocycles. The summed E-state index contributed by atoms with van der Waals surface area (Å²) in [5.74, 6) is 0.830. The zero-order valence-corrected chi connectivity index (χ0v) is 11.6. The topological polar surface area (TPSA) is 51.2 Å². The minimum Gasteiger partial charge on any atom is -0.494 e. The minimum absolute atomic E-state index is 0.00667. The van der Waals surface area contributed by atoms with Crippen molar-refractivity contribution >= 4 is 17.2 Å². The maximum atomic E-state index is 10.7. The van der Waals surface area contributed by atoms with E-state index in [0.29, 0.717) is 13.2 Å². The molecule has 5 heteroatoms. The first-order valence-corrected chi connectivity index (χ1v) is 7.01.